The maximum atomic E-state index is 11.8. The normalized spacial score (nSPS) is 12.8. The molecule has 1 aromatic rings. The first-order valence-corrected chi connectivity index (χ1v) is 6.71. The second-order valence-electron chi connectivity index (χ2n) is 3.96. The lowest BCUT2D eigenvalue weighted by Gasteiger charge is -2.09. The van der Waals surface area contributed by atoms with Gasteiger partial charge in [-0.25, -0.2) is 13.1 Å². The number of hydrogen-bond acceptors (Lipinski definition) is 6. The molecule has 3 N–H and O–H groups in total. The minimum Gasteiger partial charge on any atom is -0.320 e. The quantitative estimate of drug-likeness (QED) is 0.594. The van der Waals surface area contributed by atoms with Crippen LogP contribution in [0.15, 0.2) is 23.1 Å². The number of carbonyl (C=O) groups excluding carboxylic acids is 1. The van der Waals surface area contributed by atoms with E-state index in [1.54, 1.807) is 4.72 Å². The molecule has 0 aliphatic carbocycles. The summed E-state index contributed by atoms with van der Waals surface area (Å²) < 4.78 is 25.4. The Bertz CT molecular complexity index is 624. The van der Waals surface area contributed by atoms with Crippen molar-refractivity contribution < 1.29 is 18.1 Å². The summed E-state index contributed by atoms with van der Waals surface area (Å²) in [7, 11) is -4.16. The van der Waals surface area contributed by atoms with Gasteiger partial charge in [0, 0.05) is 11.6 Å². The summed E-state index contributed by atoms with van der Waals surface area (Å²) in [6.45, 7) is 2.80. The van der Waals surface area contributed by atoms with Crippen LogP contribution in [0.1, 0.15) is 12.5 Å². The van der Waals surface area contributed by atoms with Gasteiger partial charge in [-0.2, -0.15) is 0 Å². The Hall–Kier alpha value is -2.00. The molecule has 0 radical (unpaired) electrons. The van der Waals surface area contributed by atoms with Crippen LogP contribution in [0.5, 0.6) is 0 Å². The minimum absolute atomic E-state index is 0.322. The van der Waals surface area contributed by atoms with Gasteiger partial charge in [0.2, 0.25) is 5.91 Å². The van der Waals surface area contributed by atoms with E-state index in [2.05, 4.69) is 0 Å². The third-order valence-corrected chi connectivity index (χ3v) is 3.68. The van der Waals surface area contributed by atoms with Crippen molar-refractivity contribution >= 4 is 21.6 Å². The molecule has 19 heavy (non-hydrogen) atoms. The molecular formula is C10H13N3O5S. The topological polar surface area (TPSA) is 132 Å². The predicted molar refractivity (Wildman–Crippen MR) is 66.8 cm³/mol. The molecule has 0 saturated heterocycles. The molecule has 0 aromatic heterocycles. The van der Waals surface area contributed by atoms with Crippen LogP contribution in [0.3, 0.4) is 0 Å². The maximum Gasteiger partial charge on any atom is 0.273 e. The summed E-state index contributed by atoms with van der Waals surface area (Å²) >= 11 is 0. The Morgan fingerprint density at radius 3 is 2.53 bits per heavy atom. The number of nitrogens with zero attached hydrogens (tertiary/aromatic N) is 1. The first-order chi connectivity index (χ1) is 8.65. The van der Waals surface area contributed by atoms with E-state index in [1.807, 2.05) is 0 Å². The number of nitro groups is 1. The number of aryl methyl sites for hydroxylation is 1. The van der Waals surface area contributed by atoms with Crippen LogP contribution in [0.2, 0.25) is 0 Å². The second-order valence-corrected chi connectivity index (χ2v) is 5.65. The van der Waals surface area contributed by atoms with Crippen molar-refractivity contribution in [1.29, 1.82) is 0 Å². The SMILES string of the molecule is Cc1ccc(S(=O)(=O)NC(=O)[C@H](C)N)cc1[N+](=O)[O-]. The smallest absolute Gasteiger partial charge is 0.273 e. The van der Waals surface area contributed by atoms with Crippen molar-refractivity contribution in [2.45, 2.75) is 24.8 Å². The van der Waals surface area contributed by atoms with Crippen LogP contribution >= 0.6 is 0 Å². The van der Waals surface area contributed by atoms with Crippen LogP contribution in [0, 0.1) is 17.0 Å². The molecule has 0 aliphatic heterocycles. The number of nitrogens with two attached hydrogens (primary N) is 1. The number of carbonyl (C=O) groups is 1. The van der Waals surface area contributed by atoms with Gasteiger partial charge in [0.15, 0.2) is 0 Å². The highest BCUT2D eigenvalue weighted by atomic mass is 32.2. The summed E-state index contributed by atoms with van der Waals surface area (Å²) in [5.41, 5.74) is 5.22. The van der Waals surface area contributed by atoms with Gasteiger partial charge in [0.05, 0.1) is 15.9 Å². The number of hydrogen-bond donors (Lipinski definition) is 2. The molecule has 0 unspecified atom stereocenters. The third-order valence-electron chi connectivity index (χ3n) is 2.34. The monoisotopic (exact) mass is 287 g/mol. The number of nitro benzene ring substituents is 1. The van der Waals surface area contributed by atoms with E-state index in [-0.39, 0.29) is 10.6 Å². The number of sulfonamides is 1. The van der Waals surface area contributed by atoms with Gasteiger partial charge in [-0.15, -0.1) is 0 Å². The van der Waals surface area contributed by atoms with Gasteiger partial charge < -0.3 is 5.73 Å². The zero-order valence-electron chi connectivity index (χ0n) is 10.3. The summed E-state index contributed by atoms with van der Waals surface area (Å²) in [6.07, 6.45) is 0. The molecule has 0 saturated carbocycles. The van der Waals surface area contributed by atoms with Gasteiger partial charge in [-0.1, -0.05) is 6.07 Å². The highest BCUT2D eigenvalue weighted by Gasteiger charge is 2.22. The molecule has 0 heterocycles. The fourth-order valence-electron chi connectivity index (χ4n) is 1.24. The van der Waals surface area contributed by atoms with E-state index in [0.717, 1.165) is 6.07 Å². The molecule has 0 bridgehead atoms. The van der Waals surface area contributed by atoms with Crippen molar-refractivity contribution in [3.8, 4) is 0 Å². The van der Waals surface area contributed by atoms with Crippen molar-refractivity contribution in [2.24, 2.45) is 5.73 Å². The number of nitrogens with one attached hydrogen (secondary N) is 1. The Balaban J connectivity index is 3.19. The van der Waals surface area contributed by atoms with Gasteiger partial charge in [0.1, 0.15) is 0 Å². The average Bonchev–Trinajstić information content (AvgIpc) is 2.27. The van der Waals surface area contributed by atoms with Crippen molar-refractivity contribution in [3.05, 3.63) is 33.9 Å². The largest absolute Gasteiger partial charge is 0.320 e. The third kappa shape index (κ3) is 3.48. The highest BCUT2D eigenvalue weighted by Crippen LogP contribution is 2.21. The number of benzene rings is 1. The van der Waals surface area contributed by atoms with Gasteiger partial charge in [-0.3, -0.25) is 14.9 Å². The first-order valence-electron chi connectivity index (χ1n) is 5.22. The zero-order chi connectivity index (χ0) is 14.8. The van der Waals surface area contributed by atoms with Crippen LogP contribution in [0.25, 0.3) is 0 Å². The van der Waals surface area contributed by atoms with Crippen LogP contribution < -0.4 is 10.5 Å². The molecule has 0 fully saturated rings. The van der Waals surface area contributed by atoms with Crippen LogP contribution in [-0.2, 0) is 14.8 Å². The predicted octanol–water partition coefficient (Wildman–Crippen LogP) is 0.0553. The second kappa shape index (κ2) is 5.33. The molecule has 1 aromatic carbocycles. The lowest BCUT2D eigenvalue weighted by Crippen LogP contribution is -2.41. The standard InChI is InChI=1S/C10H13N3O5S/c1-6-3-4-8(5-9(6)13(15)16)19(17,18)12-10(14)7(2)11/h3-5,7H,11H2,1-2H3,(H,12,14)/t7-/m0/s1. The molecule has 0 spiro atoms. The highest BCUT2D eigenvalue weighted by molar-refractivity contribution is 7.90. The zero-order valence-corrected chi connectivity index (χ0v) is 11.1. The Kier molecular flexibility index (Phi) is 4.22. The minimum atomic E-state index is -4.16. The van der Waals surface area contributed by atoms with Crippen LogP contribution in [0.4, 0.5) is 5.69 Å². The molecule has 8 nitrogen and oxygen atoms in total. The van der Waals surface area contributed by atoms with Crippen LogP contribution in [-0.4, -0.2) is 25.3 Å². The Morgan fingerprint density at radius 1 is 1.47 bits per heavy atom. The summed E-state index contributed by atoms with van der Waals surface area (Å²) in [4.78, 5) is 20.9. The molecular weight excluding hydrogens is 274 g/mol. The molecule has 0 aliphatic rings. The molecule has 1 rings (SSSR count). The Morgan fingerprint density at radius 2 is 2.05 bits per heavy atom. The molecule has 1 atom stereocenters. The Labute approximate surface area is 109 Å². The van der Waals surface area contributed by atoms with Gasteiger partial charge in [0.25, 0.3) is 15.7 Å². The molecule has 104 valence electrons. The van der Waals surface area contributed by atoms with E-state index in [4.69, 9.17) is 5.73 Å². The van der Waals surface area contributed by atoms with E-state index in [0.29, 0.717) is 5.56 Å². The van der Waals surface area contributed by atoms with E-state index in [9.17, 15) is 23.3 Å². The first kappa shape index (κ1) is 15.1. The number of rotatable bonds is 4. The summed E-state index contributed by atoms with van der Waals surface area (Å²) in [5.74, 6) is -0.886. The fourth-order valence-corrected chi connectivity index (χ4v) is 2.32. The van der Waals surface area contributed by atoms with E-state index < -0.39 is 26.9 Å². The lowest BCUT2D eigenvalue weighted by atomic mass is 10.2. The lowest BCUT2D eigenvalue weighted by molar-refractivity contribution is -0.385. The van der Waals surface area contributed by atoms with Crippen molar-refractivity contribution in [1.82, 2.24) is 4.72 Å². The molecule has 1 amide bonds. The maximum absolute atomic E-state index is 11.8. The van der Waals surface area contributed by atoms with Crippen molar-refractivity contribution in [3.63, 3.8) is 0 Å². The average molecular weight is 287 g/mol. The fraction of sp³-hybridized carbons (Fsp3) is 0.300. The summed E-state index contributed by atoms with van der Waals surface area (Å²) in [6, 6.07) is 2.36. The van der Waals surface area contributed by atoms with E-state index >= 15 is 0 Å². The van der Waals surface area contributed by atoms with E-state index in [1.165, 1.54) is 26.0 Å². The number of amides is 1. The van der Waals surface area contributed by atoms with Gasteiger partial charge in [-0.05, 0) is 19.9 Å². The molecule has 9 heteroatoms. The van der Waals surface area contributed by atoms with Gasteiger partial charge >= 0.3 is 0 Å². The summed E-state index contributed by atoms with van der Waals surface area (Å²) in [5, 5.41) is 10.7. The van der Waals surface area contributed by atoms with Crippen molar-refractivity contribution in [2.75, 3.05) is 0 Å².